The van der Waals surface area contributed by atoms with E-state index in [1.54, 1.807) is 12.1 Å². The number of carboxylic acid groups (broad SMARTS) is 1. The third kappa shape index (κ3) is 29.2. The standard InChI is InChI=1S/C60H87N15O21S6/c1-28(63-52(87)39(23-98)72-58(93)48(29(2)77)73-46(81)20-62-74-56(91)43(27-102)65-38(60(95)96-3)18-31-8-12-34(79)13-9-31)59(94)75-16-4-5-44(75)57(92)68-37(19-45(61)80)51(86)70-42(26-101)55(90)71-41(25-100)54(89)67-36(17-30-6-10-33(78)11-7-30)50(85)66-35(14-15-47(82)83)49(84)69-40(24-99)53(88)64-32(21-76)22-97/h6-13,21,28-29,32,35-44,48,62,65,77-79,97-102H,4-5,14-20,22-27H2,1-3H3,(H2,61,80)(H,63,87)(H,64,88)(H,66,85)(H,67,89)(H,68,92)(H,69,84)(H,70,86)(H,71,90)(H,72,93)(H,73,81)(H,74,91)(H,82,83)/t28?,29-,32?,35?,36+,37?,38?,39+,40+,41?,42+,43+,44+,48+/m1/s1. The Morgan fingerprint density at radius 1 is 0.559 bits per heavy atom. The number of likely N-dealkylation sites (tertiary alicyclic amines) is 1. The van der Waals surface area contributed by atoms with Crippen LogP contribution in [0.2, 0.25) is 0 Å². The quantitative estimate of drug-likeness (QED) is 0.0127. The van der Waals surface area contributed by atoms with Crippen LogP contribution in [0.15, 0.2) is 48.5 Å². The molecule has 0 saturated carbocycles. The number of carbonyl (C=O) groups is 16. The van der Waals surface area contributed by atoms with Crippen molar-refractivity contribution in [3.63, 3.8) is 0 Å². The SMILES string of the molecule is COC(=O)C(Cc1ccc(O)cc1)N[C@@H](CS)C(=O)NNCC(=O)N[C@H](C(=O)N[C@@H](CS)C(=O)NC(C)C(=O)N1CCC[C@H]1C(=O)NC(CC(N)=O)C(=O)N[C@@H](CS)C(=O)NC(CS)C(=O)N[C@@H](Cc1ccc(O)cc1)C(=O)NC(CCC(=O)O)C(=O)N[C@@H](CS)C(=O)NC(C=O)CS)[C@@H](C)O. The maximum atomic E-state index is 14.1. The van der Waals surface area contributed by atoms with Crippen LogP contribution in [0.25, 0.3) is 0 Å². The van der Waals surface area contributed by atoms with Crippen LogP contribution < -0.4 is 75.1 Å². The molecule has 1 saturated heterocycles. The second kappa shape index (κ2) is 45.0. The van der Waals surface area contributed by atoms with Gasteiger partial charge in [-0.25, -0.2) is 5.43 Å². The van der Waals surface area contributed by atoms with Gasteiger partial charge in [0.15, 0.2) is 0 Å². The highest BCUT2D eigenvalue weighted by Crippen LogP contribution is 2.20. The molecule has 1 fully saturated rings. The molecule has 36 nitrogen and oxygen atoms in total. The van der Waals surface area contributed by atoms with Crippen molar-refractivity contribution in [1.29, 1.82) is 0 Å². The van der Waals surface area contributed by atoms with Crippen molar-refractivity contribution in [1.82, 2.24) is 74.2 Å². The summed E-state index contributed by atoms with van der Waals surface area (Å²) in [6.45, 7) is 1.70. The van der Waals surface area contributed by atoms with Crippen molar-refractivity contribution in [2.45, 2.75) is 143 Å². The topological polar surface area (TPSA) is 549 Å². The van der Waals surface area contributed by atoms with Crippen LogP contribution >= 0.6 is 75.8 Å². The van der Waals surface area contributed by atoms with Crippen molar-refractivity contribution in [3.05, 3.63) is 59.7 Å². The van der Waals surface area contributed by atoms with Gasteiger partial charge in [0.2, 0.25) is 70.9 Å². The molecule has 2 aromatic rings. The average Bonchev–Trinajstić information content (AvgIpc) is 1.60. The number of phenols is 2. The van der Waals surface area contributed by atoms with E-state index in [2.05, 4.69) is 145 Å². The maximum absolute atomic E-state index is 14.1. The lowest BCUT2D eigenvalue weighted by molar-refractivity contribution is -0.143. The van der Waals surface area contributed by atoms with Gasteiger partial charge in [-0.3, -0.25) is 82.7 Å². The fraction of sp³-hybridized carbons (Fsp3) is 0.533. The number of aliphatic carboxylic acids is 1. The van der Waals surface area contributed by atoms with Crippen LogP contribution in [-0.2, 0) is 94.3 Å². The van der Waals surface area contributed by atoms with Crippen molar-refractivity contribution < 1.29 is 102 Å². The van der Waals surface area contributed by atoms with Crippen LogP contribution in [0.3, 0.4) is 0 Å². The first kappa shape index (κ1) is 88.0. The summed E-state index contributed by atoms with van der Waals surface area (Å²) in [5.74, 6) is -17.1. The number of aldehydes is 1. The number of methoxy groups -OCH3 is 1. The normalized spacial score (nSPS) is 16.3. The van der Waals surface area contributed by atoms with Gasteiger partial charge in [0.05, 0.1) is 38.3 Å². The Labute approximate surface area is 618 Å². The molecule has 0 aromatic heterocycles. The first-order valence-electron chi connectivity index (χ1n) is 31.3. The van der Waals surface area contributed by atoms with Gasteiger partial charge in [0.25, 0.3) is 5.91 Å². The van der Waals surface area contributed by atoms with Gasteiger partial charge >= 0.3 is 11.9 Å². The van der Waals surface area contributed by atoms with Crippen molar-refractivity contribution in [3.8, 4) is 11.5 Å². The predicted octanol–water partition coefficient (Wildman–Crippen LogP) is -7.24. The third-order valence-electron chi connectivity index (χ3n) is 15.2. The minimum absolute atomic E-state index is 0.00307. The fourth-order valence-electron chi connectivity index (χ4n) is 9.63. The van der Waals surface area contributed by atoms with Crippen LogP contribution in [0, 0.1) is 0 Å². The highest BCUT2D eigenvalue weighted by Gasteiger charge is 2.41. The molecule has 2 aromatic carbocycles. The lowest BCUT2D eigenvalue weighted by Crippen LogP contribution is -2.61. The minimum Gasteiger partial charge on any atom is -0.508 e. The summed E-state index contributed by atoms with van der Waals surface area (Å²) >= 11 is 24.8. The molecular weight excluding hydrogens is 1460 g/mol. The van der Waals surface area contributed by atoms with Gasteiger partial charge in [0, 0.05) is 53.9 Å². The number of aliphatic hydroxyl groups excluding tert-OH is 1. The molecule has 1 heterocycles. The van der Waals surface area contributed by atoms with E-state index < -0.39 is 211 Å². The first-order chi connectivity index (χ1) is 48.3. The van der Waals surface area contributed by atoms with Gasteiger partial charge < -0.3 is 93.8 Å². The Balaban J connectivity index is 1.68. The second-order valence-corrected chi connectivity index (χ2v) is 25.2. The zero-order chi connectivity index (χ0) is 76.5. The Hall–Kier alpha value is -8.26. The van der Waals surface area contributed by atoms with E-state index in [4.69, 9.17) is 10.5 Å². The average molecular weight is 1550 g/mol. The van der Waals surface area contributed by atoms with Crippen molar-refractivity contribution >= 4 is 171 Å². The Kier molecular flexibility index (Phi) is 38.8. The van der Waals surface area contributed by atoms with Crippen LogP contribution in [0.5, 0.6) is 11.5 Å². The number of hydrazine groups is 1. The summed E-state index contributed by atoms with van der Waals surface area (Å²) in [5, 5.41) is 66.0. The molecule has 1 aliphatic rings. The molecule has 0 spiro atoms. The molecule has 564 valence electrons. The van der Waals surface area contributed by atoms with Crippen LogP contribution in [0.4, 0.5) is 0 Å². The highest BCUT2D eigenvalue weighted by molar-refractivity contribution is 7.81. The number of primary amides is 1. The second-order valence-electron chi connectivity index (χ2n) is 23.0. The number of hydrogen-bond donors (Lipinski definition) is 24. The summed E-state index contributed by atoms with van der Waals surface area (Å²) < 4.78 is 4.87. The number of thiol groups is 6. The van der Waals surface area contributed by atoms with Crippen LogP contribution in [-0.4, -0.2) is 260 Å². The zero-order valence-corrected chi connectivity index (χ0v) is 60.7. The monoisotopic (exact) mass is 1550 g/mol. The number of phenolic OH excluding ortho intramolecular Hbond substituents is 2. The number of carboxylic acids is 1. The number of esters is 1. The largest absolute Gasteiger partial charge is 0.508 e. The molecule has 0 aliphatic carbocycles. The first-order valence-corrected chi connectivity index (χ1v) is 35.1. The summed E-state index contributed by atoms with van der Waals surface area (Å²) in [6, 6.07) is -7.57. The summed E-state index contributed by atoms with van der Waals surface area (Å²) in [7, 11) is 1.16. The minimum atomic E-state index is -1.80. The molecule has 1 aliphatic heterocycles. The molecule has 6 unspecified atom stereocenters. The summed E-state index contributed by atoms with van der Waals surface area (Å²) in [5.41, 5.74) is 11.1. The Morgan fingerprint density at radius 3 is 1.46 bits per heavy atom. The lowest BCUT2D eigenvalue weighted by Gasteiger charge is -2.29. The number of hydrogen-bond acceptors (Lipinski definition) is 28. The van der Waals surface area contributed by atoms with Gasteiger partial charge in [-0.2, -0.15) is 75.8 Å². The van der Waals surface area contributed by atoms with Crippen molar-refractivity contribution in [2.24, 2.45) is 5.73 Å². The number of rotatable bonds is 44. The third-order valence-corrected chi connectivity index (χ3v) is 17.4. The van der Waals surface area contributed by atoms with E-state index in [0.29, 0.717) is 17.4 Å². The van der Waals surface area contributed by atoms with E-state index >= 15 is 0 Å². The number of ether oxygens (including phenoxy) is 1. The van der Waals surface area contributed by atoms with Gasteiger partial charge in [-0.1, -0.05) is 24.3 Å². The number of carbonyl (C=O) groups excluding carboxylic acids is 15. The highest BCUT2D eigenvalue weighted by atomic mass is 32.1. The van der Waals surface area contributed by atoms with Crippen LogP contribution in [0.1, 0.15) is 57.1 Å². The maximum Gasteiger partial charge on any atom is 0.323 e. The molecule has 3 rings (SSSR count). The molecular formula is C60H87N15O21S6. The van der Waals surface area contributed by atoms with Gasteiger partial charge in [0.1, 0.15) is 84.2 Å². The number of nitrogens with zero attached hydrogens (tertiary/aromatic N) is 1. The summed E-state index contributed by atoms with van der Waals surface area (Å²) in [4.78, 5) is 212. The number of nitrogens with one attached hydrogen (secondary N) is 13. The summed E-state index contributed by atoms with van der Waals surface area (Å²) in [6.07, 6.45) is -3.29. The molecule has 13 amide bonds. The van der Waals surface area contributed by atoms with E-state index in [-0.39, 0.29) is 66.7 Å². The molecule has 19 N–H and O–H groups in total. The smallest absolute Gasteiger partial charge is 0.323 e. The van der Waals surface area contributed by atoms with E-state index in [1.807, 2.05) is 0 Å². The lowest BCUT2D eigenvalue weighted by atomic mass is 10.0. The van der Waals surface area contributed by atoms with E-state index in [1.165, 1.54) is 43.3 Å². The van der Waals surface area contributed by atoms with Gasteiger partial charge in [-0.05, 0) is 74.9 Å². The van der Waals surface area contributed by atoms with Gasteiger partial charge in [-0.15, -0.1) is 0 Å². The van der Waals surface area contributed by atoms with Crippen molar-refractivity contribution in [2.75, 3.05) is 54.7 Å². The number of benzene rings is 2. The molecule has 42 heteroatoms. The number of aliphatic hydroxyl groups is 1. The fourth-order valence-corrected chi connectivity index (χ4v) is 11.1. The van der Waals surface area contributed by atoms with E-state index in [0.717, 1.165) is 18.9 Å². The molecule has 0 bridgehead atoms. The molecule has 102 heavy (non-hydrogen) atoms. The molecule has 0 radical (unpaired) electrons. The van der Waals surface area contributed by atoms with E-state index in [9.17, 15) is 97.1 Å². The molecule has 14 atom stereocenters. The number of amides is 13. The number of nitrogens with two attached hydrogens (primary N) is 1. The number of aromatic hydroxyl groups is 2. The Morgan fingerprint density at radius 2 is 1.00 bits per heavy atom. The Bertz CT molecular complexity index is 3280. The zero-order valence-electron chi connectivity index (χ0n) is 55.3. The predicted molar refractivity (Wildman–Crippen MR) is 384 cm³/mol.